The maximum absolute atomic E-state index is 8.86. The van der Waals surface area contributed by atoms with Crippen LogP contribution in [0.15, 0.2) is 0 Å². The fourth-order valence-corrected chi connectivity index (χ4v) is 0.413. The van der Waals surface area contributed by atoms with Crippen molar-refractivity contribution in [3.63, 3.8) is 0 Å². The van der Waals surface area contributed by atoms with E-state index >= 15 is 0 Å². The minimum Gasteiger partial charge on any atom is -0.389 e. The van der Waals surface area contributed by atoms with Crippen molar-refractivity contribution < 1.29 is 20.4 Å². The first-order chi connectivity index (χ1) is 4.95. The number of nitrogens with two attached hydrogens (primary N) is 1. The molecule has 0 saturated carbocycles. The minimum absolute atomic E-state index is 1.04. The Morgan fingerprint density at radius 2 is 1.55 bits per heavy atom. The van der Waals surface area contributed by atoms with Gasteiger partial charge in [0.15, 0.2) is 0 Å². The molecular formula is C5H14N2O4. The van der Waals surface area contributed by atoms with Crippen LogP contribution in [0.4, 0.5) is 0 Å². The molecule has 0 aromatic carbocycles. The van der Waals surface area contributed by atoms with E-state index in [0.29, 0.717) is 0 Å². The van der Waals surface area contributed by atoms with E-state index < -0.39 is 24.8 Å². The molecule has 0 aromatic rings. The van der Waals surface area contributed by atoms with Gasteiger partial charge < -0.3 is 26.2 Å². The summed E-state index contributed by atoms with van der Waals surface area (Å²) < 4.78 is 0. The van der Waals surface area contributed by atoms with E-state index in [9.17, 15) is 0 Å². The molecule has 0 saturated heterocycles. The largest absolute Gasteiger partial charge is 0.389 e. The van der Waals surface area contributed by atoms with Crippen LogP contribution in [0.3, 0.4) is 0 Å². The van der Waals surface area contributed by atoms with Crippen LogP contribution >= 0.6 is 0 Å². The summed E-state index contributed by atoms with van der Waals surface area (Å²) in [7, 11) is 0. The standard InChI is InChI=1S/C5H14N2O4/c1-2(8)4(10)7-5(11)3(6)9/h2-5,7-11H,6H2,1H3. The third kappa shape index (κ3) is 4.25. The second-order valence-electron chi connectivity index (χ2n) is 2.29. The van der Waals surface area contributed by atoms with Crippen LogP contribution < -0.4 is 11.1 Å². The second kappa shape index (κ2) is 4.60. The fraction of sp³-hybridized carbons (Fsp3) is 1.00. The molecule has 6 nitrogen and oxygen atoms in total. The van der Waals surface area contributed by atoms with E-state index in [-0.39, 0.29) is 0 Å². The first kappa shape index (κ1) is 10.8. The zero-order chi connectivity index (χ0) is 9.02. The summed E-state index contributed by atoms with van der Waals surface area (Å²) in [4.78, 5) is 0. The Balaban J connectivity index is 3.66. The van der Waals surface area contributed by atoms with E-state index in [2.05, 4.69) is 5.32 Å². The average molecular weight is 166 g/mol. The molecule has 0 aliphatic heterocycles. The van der Waals surface area contributed by atoms with Crippen molar-refractivity contribution in [1.82, 2.24) is 5.32 Å². The van der Waals surface area contributed by atoms with Crippen molar-refractivity contribution in [1.29, 1.82) is 0 Å². The van der Waals surface area contributed by atoms with Gasteiger partial charge in [-0.3, -0.25) is 5.32 Å². The summed E-state index contributed by atoms with van der Waals surface area (Å²) in [5, 5.41) is 36.9. The molecule has 0 amide bonds. The Bertz CT molecular complexity index is 96.7. The topological polar surface area (TPSA) is 119 Å². The minimum atomic E-state index is -1.48. The first-order valence-corrected chi connectivity index (χ1v) is 3.19. The molecule has 0 rings (SSSR count). The highest BCUT2D eigenvalue weighted by molar-refractivity contribution is 4.64. The maximum atomic E-state index is 8.86. The molecular weight excluding hydrogens is 152 g/mol. The molecule has 0 bridgehead atoms. The van der Waals surface area contributed by atoms with Gasteiger partial charge in [0.2, 0.25) is 0 Å². The smallest absolute Gasteiger partial charge is 0.146 e. The van der Waals surface area contributed by atoms with Gasteiger partial charge in [0.25, 0.3) is 0 Å². The van der Waals surface area contributed by atoms with Crippen LogP contribution in [-0.2, 0) is 0 Å². The monoisotopic (exact) mass is 166 g/mol. The number of nitrogens with one attached hydrogen (secondary N) is 1. The van der Waals surface area contributed by atoms with Crippen LogP contribution in [-0.4, -0.2) is 45.2 Å². The van der Waals surface area contributed by atoms with Gasteiger partial charge in [0.05, 0.1) is 6.10 Å². The molecule has 0 fully saturated rings. The van der Waals surface area contributed by atoms with Gasteiger partial charge in [-0.05, 0) is 6.92 Å². The molecule has 0 aliphatic rings. The van der Waals surface area contributed by atoms with Gasteiger partial charge in [-0.1, -0.05) is 0 Å². The SMILES string of the molecule is CC(O)C(O)NC(O)C(N)O. The summed E-state index contributed by atoms with van der Waals surface area (Å²) in [5.41, 5.74) is 4.83. The highest BCUT2D eigenvalue weighted by Gasteiger charge is 2.17. The van der Waals surface area contributed by atoms with Crippen molar-refractivity contribution in [2.24, 2.45) is 5.73 Å². The third-order valence-corrected chi connectivity index (χ3v) is 1.12. The molecule has 0 aliphatic carbocycles. The molecule has 0 spiro atoms. The van der Waals surface area contributed by atoms with Crippen molar-refractivity contribution in [3.8, 4) is 0 Å². The Kier molecular flexibility index (Phi) is 4.50. The Hall–Kier alpha value is -0.240. The number of aliphatic hydroxyl groups excluding tert-OH is 4. The van der Waals surface area contributed by atoms with E-state index in [1.807, 2.05) is 0 Å². The van der Waals surface area contributed by atoms with Crippen molar-refractivity contribution in [2.45, 2.75) is 31.7 Å². The van der Waals surface area contributed by atoms with E-state index in [1.54, 1.807) is 0 Å². The Morgan fingerprint density at radius 3 is 1.82 bits per heavy atom. The summed E-state index contributed by atoms with van der Waals surface area (Å²) in [6, 6.07) is 0. The van der Waals surface area contributed by atoms with Gasteiger partial charge in [0.1, 0.15) is 18.7 Å². The third-order valence-electron chi connectivity index (χ3n) is 1.12. The van der Waals surface area contributed by atoms with Gasteiger partial charge in [-0.15, -0.1) is 0 Å². The summed E-state index contributed by atoms with van der Waals surface area (Å²) in [6.45, 7) is 1.33. The van der Waals surface area contributed by atoms with Gasteiger partial charge >= 0.3 is 0 Å². The molecule has 4 atom stereocenters. The lowest BCUT2D eigenvalue weighted by atomic mass is 10.3. The zero-order valence-electron chi connectivity index (χ0n) is 6.18. The Morgan fingerprint density at radius 1 is 1.09 bits per heavy atom. The quantitative estimate of drug-likeness (QED) is 0.246. The van der Waals surface area contributed by atoms with Crippen LogP contribution in [0.25, 0.3) is 0 Å². The van der Waals surface area contributed by atoms with Gasteiger partial charge in [-0.2, -0.15) is 0 Å². The molecule has 7 N–H and O–H groups in total. The first-order valence-electron chi connectivity index (χ1n) is 3.19. The number of hydrogen-bond acceptors (Lipinski definition) is 6. The van der Waals surface area contributed by atoms with Gasteiger partial charge in [-0.25, -0.2) is 0 Å². The molecule has 68 valence electrons. The molecule has 6 heteroatoms. The highest BCUT2D eigenvalue weighted by Crippen LogP contribution is 1.90. The average Bonchev–Trinajstić information content (AvgIpc) is 1.87. The van der Waals surface area contributed by atoms with Crippen molar-refractivity contribution in [2.75, 3.05) is 0 Å². The van der Waals surface area contributed by atoms with Crippen LogP contribution in [0, 0.1) is 0 Å². The summed E-state index contributed by atoms with van der Waals surface area (Å²) in [6.07, 6.45) is -5.27. The molecule has 11 heavy (non-hydrogen) atoms. The molecule has 0 heterocycles. The molecule has 0 radical (unpaired) electrons. The lowest BCUT2D eigenvalue weighted by Crippen LogP contribution is -2.52. The van der Waals surface area contributed by atoms with E-state index in [4.69, 9.17) is 26.2 Å². The Labute approximate surface area is 64.3 Å². The van der Waals surface area contributed by atoms with Crippen molar-refractivity contribution in [3.05, 3.63) is 0 Å². The number of rotatable bonds is 4. The fourth-order valence-electron chi connectivity index (χ4n) is 0.413. The van der Waals surface area contributed by atoms with Crippen LogP contribution in [0.1, 0.15) is 6.92 Å². The van der Waals surface area contributed by atoms with E-state index in [1.165, 1.54) is 6.92 Å². The zero-order valence-corrected chi connectivity index (χ0v) is 6.18. The summed E-state index contributed by atoms with van der Waals surface area (Å²) in [5.74, 6) is 0. The lowest BCUT2D eigenvalue weighted by Gasteiger charge is -2.21. The summed E-state index contributed by atoms with van der Waals surface area (Å²) >= 11 is 0. The normalized spacial score (nSPS) is 22.4. The molecule has 4 unspecified atom stereocenters. The van der Waals surface area contributed by atoms with E-state index in [0.717, 1.165) is 0 Å². The van der Waals surface area contributed by atoms with Gasteiger partial charge in [0, 0.05) is 0 Å². The predicted octanol–water partition coefficient (Wildman–Crippen LogP) is -3.13. The second-order valence-corrected chi connectivity index (χ2v) is 2.29. The lowest BCUT2D eigenvalue weighted by molar-refractivity contribution is -0.0680. The molecule has 0 aromatic heterocycles. The van der Waals surface area contributed by atoms with Crippen LogP contribution in [0.2, 0.25) is 0 Å². The van der Waals surface area contributed by atoms with Crippen LogP contribution in [0.5, 0.6) is 0 Å². The number of hydrogen-bond donors (Lipinski definition) is 6. The van der Waals surface area contributed by atoms with Crippen molar-refractivity contribution >= 4 is 0 Å². The number of aliphatic hydroxyl groups is 4. The predicted molar refractivity (Wildman–Crippen MR) is 37.0 cm³/mol. The maximum Gasteiger partial charge on any atom is 0.146 e. The highest BCUT2D eigenvalue weighted by atomic mass is 16.4.